The minimum atomic E-state index is -0.691. The molecule has 0 aliphatic heterocycles. The zero-order valence-electron chi connectivity index (χ0n) is 14.8. The summed E-state index contributed by atoms with van der Waals surface area (Å²) in [6.45, 7) is 4.26. The molecule has 0 aliphatic rings. The molecular weight excluding hydrogens is 316 g/mol. The van der Waals surface area contributed by atoms with Gasteiger partial charge in [0.05, 0.1) is 6.10 Å². The van der Waals surface area contributed by atoms with E-state index in [0.29, 0.717) is 5.69 Å². The van der Waals surface area contributed by atoms with E-state index >= 15 is 0 Å². The zero-order valence-corrected chi connectivity index (χ0v) is 14.8. The molecule has 0 bridgehead atoms. The zero-order chi connectivity index (χ0) is 18.2. The van der Waals surface area contributed by atoms with E-state index in [4.69, 9.17) is 4.74 Å². The van der Waals surface area contributed by atoms with Crippen LogP contribution in [0.2, 0.25) is 0 Å². The van der Waals surface area contributed by atoms with Gasteiger partial charge in [-0.1, -0.05) is 43.3 Å². The summed E-state index contributed by atoms with van der Waals surface area (Å²) in [6, 6.07) is 15.2. The molecule has 0 saturated carbocycles. The van der Waals surface area contributed by atoms with Crippen molar-refractivity contribution in [2.24, 2.45) is 0 Å². The number of anilines is 1. The van der Waals surface area contributed by atoms with Gasteiger partial charge in [0.1, 0.15) is 0 Å². The van der Waals surface area contributed by atoms with Crippen molar-refractivity contribution in [3.05, 3.63) is 65.2 Å². The SMILES string of the molecule is CCc1ccc(NC(=O)C(=O)NCC(OC)c2ccccc2C)cc1. The van der Waals surface area contributed by atoms with Gasteiger partial charge in [0.15, 0.2) is 0 Å². The second-order valence-corrected chi connectivity index (χ2v) is 5.80. The van der Waals surface area contributed by atoms with Gasteiger partial charge in [-0.05, 0) is 42.2 Å². The molecule has 132 valence electrons. The molecule has 2 rings (SSSR count). The number of hydrogen-bond donors (Lipinski definition) is 2. The number of rotatable bonds is 6. The van der Waals surface area contributed by atoms with E-state index in [-0.39, 0.29) is 12.6 Å². The van der Waals surface area contributed by atoms with Crippen molar-refractivity contribution >= 4 is 17.5 Å². The van der Waals surface area contributed by atoms with E-state index in [1.807, 2.05) is 43.3 Å². The molecule has 1 unspecified atom stereocenters. The van der Waals surface area contributed by atoms with Crippen LogP contribution in [0.4, 0.5) is 5.69 Å². The summed E-state index contributed by atoms with van der Waals surface area (Å²) in [4.78, 5) is 24.0. The van der Waals surface area contributed by atoms with E-state index in [1.165, 1.54) is 5.56 Å². The third-order valence-corrected chi connectivity index (χ3v) is 4.09. The Balaban J connectivity index is 1.91. The summed E-state index contributed by atoms with van der Waals surface area (Å²) in [5, 5.41) is 5.22. The summed E-state index contributed by atoms with van der Waals surface area (Å²) in [6.07, 6.45) is 0.619. The van der Waals surface area contributed by atoms with Gasteiger partial charge >= 0.3 is 11.8 Å². The van der Waals surface area contributed by atoms with E-state index in [2.05, 4.69) is 17.6 Å². The maximum Gasteiger partial charge on any atom is 0.313 e. The standard InChI is InChI=1S/C20H24N2O3/c1-4-15-9-11-16(12-10-15)22-20(24)19(23)21-13-18(25-3)17-8-6-5-7-14(17)2/h5-12,18H,4,13H2,1-3H3,(H,21,23)(H,22,24). The molecule has 0 radical (unpaired) electrons. The molecule has 0 spiro atoms. The summed E-state index contributed by atoms with van der Waals surface area (Å²) in [5.74, 6) is -1.38. The highest BCUT2D eigenvalue weighted by molar-refractivity contribution is 6.39. The molecule has 25 heavy (non-hydrogen) atoms. The van der Waals surface area contributed by atoms with Crippen LogP contribution in [-0.2, 0) is 20.7 Å². The van der Waals surface area contributed by atoms with Crippen molar-refractivity contribution in [2.45, 2.75) is 26.4 Å². The van der Waals surface area contributed by atoms with Crippen LogP contribution in [0.1, 0.15) is 29.7 Å². The highest BCUT2D eigenvalue weighted by Gasteiger charge is 2.18. The van der Waals surface area contributed by atoms with E-state index in [0.717, 1.165) is 17.5 Å². The Hall–Kier alpha value is -2.66. The maximum atomic E-state index is 12.0. The first-order chi connectivity index (χ1) is 12.0. The quantitative estimate of drug-likeness (QED) is 0.795. The van der Waals surface area contributed by atoms with Gasteiger partial charge < -0.3 is 15.4 Å². The van der Waals surface area contributed by atoms with Crippen molar-refractivity contribution in [2.75, 3.05) is 19.0 Å². The van der Waals surface area contributed by atoms with Gasteiger partial charge in [-0.3, -0.25) is 9.59 Å². The van der Waals surface area contributed by atoms with Gasteiger partial charge in [-0.15, -0.1) is 0 Å². The highest BCUT2D eigenvalue weighted by Crippen LogP contribution is 2.19. The first-order valence-electron chi connectivity index (χ1n) is 8.31. The topological polar surface area (TPSA) is 67.4 Å². The number of amides is 2. The lowest BCUT2D eigenvalue weighted by atomic mass is 10.0. The van der Waals surface area contributed by atoms with Crippen molar-refractivity contribution in [1.29, 1.82) is 0 Å². The Labute approximate surface area is 148 Å². The van der Waals surface area contributed by atoms with Crippen molar-refractivity contribution in [1.82, 2.24) is 5.32 Å². The van der Waals surface area contributed by atoms with Gasteiger partial charge in [0.25, 0.3) is 0 Å². The Morgan fingerprint density at radius 1 is 1.04 bits per heavy atom. The lowest BCUT2D eigenvalue weighted by Crippen LogP contribution is -2.38. The fourth-order valence-corrected chi connectivity index (χ4v) is 2.55. The predicted molar refractivity (Wildman–Crippen MR) is 98.4 cm³/mol. The number of aryl methyl sites for hydroxylation is 2. The van der Waals surface area contributed by atoms with E-state index in [1.54, 1.807) is 19.2 Å². The number of carbonyl (C=O) groups excluding carboxylic acids is 2. The Morgan fingerprint density at radius 2 is 1.72 bits per heavy atom. The van der Waals surface area contributed by atoms with E-state index < -0.39 is 11.8 Å². The number of hydrogen-bond acceptors (Lipinski definition) is 3. The average molecular weight is 340 g/mol. The molecule has 0 aliphatic carbocycles. The first-order valence-corrected chi connectivity index (χ1v) is 8.31. The summed E-state index contributed by atoms with van der Waals surface area (Å²) in [5.41, 5.74) is 3.83. The number of carbonyl (C=O) groups is 2. The van der Waals surface area contributed by atoms with Crippen LogP contribution in [0.15, 0.2) is 48.5 Å². The Kier molecular flexibility index (Phi) is 6.71. The number of benzene rings is 2. The van der Waals surface area contributed by atoms with E-state index in [9.17, 15) is 9.59 Å². The molecule has 2 N–H and O–H groups in total. The Bertz CT molecular complexity index is 726. The van der Waals surface area contributed by atoms with Crippen LogP contribution in [0.5, 0.6) is 0 Å². The predicted octanol–water partition coefficient (Wildman–Crippen LogP) is 3.00. The van der Waals surface area contributed by atoms with Crippen molar-refractivity contribution in [3.63, 3.8) is 0 Å². The third kappa shape index (κ3) is 5.16. The maximum absolute atomic E-state index is 12.0. The molecule has 2 aromatic rings. The van der Waals surface area contributed by atoms with Gasteiger partial charge in [-0.2, -0.15) is 0 Å². The molecule has 2 aromatic carbocycles. The fraction of sp³-hybridized carbons (Fsp3) is 0.300. The fourth-order valence-electron chi connectivity index (χ4n) is 2.55. The lowest BCUT2D eigenvalue weighted by molar-refractivity contribution is -0.136. The monoisotopic (exact) mass is 340 g/mol. The minimum absolute atomic E-state index is 0.225. The molecule has 1 atom stereocenters. The summed E-state index contributed by atoms with van der Waals surface area (Å²) >= 11 is 0. The molecule has 0 aromatic heterocycles. The molecule has 5 heteroatoms. The number of nitrogens with one attached hydrogen (secondary N) is 2. The van der Waals surface area contributed by atoms with Gasteiger partial charge in [0.2, 0.25) is 0 Å². The van der Waals surface area contributed by atoms with Crippen LogP contribution in [0.25, 0.3) is 0 Å². The molecule has 0 fully saturated rings. The van der Waals surface area contributed by atoms with Gasteiger partial charge in [0, 0.05) is 19.3 Å². The summed E-state index contributed by atoms with van der Waals surface area (Å²) < 4.78 is 5.44. The normalized spacial score (nSPS) is 11.6. The number of methoxy groups -OCH3 is 1. The minimum Gasteiger partial charge on any atom is -0.375 e. The number of ether oxygens (including phenoxy) is 1. The molecule has 0 saturated heterocycles. The average Bonchev–Trinajstić information content (AvgIpc) is 2.64. The Morgan fingerprint density at radius 3 is 2.32 bits per heavy atom. The summed E-state index contributed by atoms with van der Waals surface area (Å²) in [7, 11) is 1.58. The van der Waals surface area contributed by atoms with Gasteiger partial charge in [-0.25, -0.2) is 0 Å². The molecule has 2 amide bonds. The largest absolute Gasteiger partial charge is 0.375 e. The third-order valence-electron chi connectivity index (χ3n) is 4.09. The molecule has 5 nitrogen and oxygen atoms in total. The van der Waals surface area contributed by atoms with Crippen LogP contribution in [0, 0.1) is 6.92 Å². The molecule has 0 heterocycles. The second kappa shape index (κ2) is 8.99. The molecular formula is C20H24N2O3. The van der Waals surface area contributed by atoms with Crippen molar-refractivity contribution in [3.8, 4) is 0 Å². The highest BCUT2D eigenvalue weighted by atomic mass is 16.5. The second-order valence-electron chi connectivity index (χ2n) is 5.80. The van der Waals surface area contributed by atoms with Crippen molar-refractivity contribution < 1.29 is 14.3 Å². The van der Waals surface area contributed by atoms with Crippen LogP contribution >= 0.6 is 0 Å². The van der Waals surface area contributed by atoms with Crippen LogP contribution in [-0.4, -0.2) is 25.5 Å². The lowest BCUT2D eigenvalue weighted by Gasteiger charge is -2.18. The van der Waals surface area contributed by atoms with Crippen LogP contribution < -0.4 is 10.6 Å². The smallest absolute Gasteiger partial charge is 0.313 e. The van der Waals surface area contributed by atoms with Crippen LogP contribution in [0.3, 0.4) is 0 Å². The first kappa shape index (κ1) is 18.7.